The zero-order valence-corrected chi connectivity index (χ0v) is 17.9. The van der Waals surface area contributed by atoms with Crippen molar-refractivity contribution in [2.24, 2.45) is 5.92 Å². The summed E-state index contributed by atoms with van der Waals surface area (Å²) in [5, 5.41) is 11.5. The number of hydrogen-bond acceptors (Lipinski definition) is 6. The maximum absolute atomic E-state index is 6.06. The maximum Gasteiger partial charge on any atom is 0.219 e. The first kappa shape index (κ1) is 19.3. The normalized spacial score (nSPS) is 16.1. The number of benzene rings is 1. The minimum Gasteiger partial charge on any atom is -0.477 e. The minimum atomic E-state index is 0.565. The molecule has 0 spiro atoms. The van der Waals surface area contributed by atoms with E-state index in [-0.39, 0.29) is 0 Å². The van der Waals surface area contributed by atoms with Gasteiger partial charge in [0.1, 0.15) is 5.82 Å². The molecule has 1 saturated carbocycles. The zero-order chi connectivity index (χ0) is 21.3. The number of nitrogens with one attached hydrogen (secondary N) is 2. The highest BCUT2D eigenvalue weighted by Crippen LogP contribution is 2.42. The Balaban J connectivity index is 1.22. The highest BCUT2D eigenvalue weighted by molar-refractivity contribution is 5.60. The second-order valence-electron chi connectivity index (χ2n) is 8.69. The Hall–Kier alpha value is -3.45. The fraction of sp³-hybridized carbons (Fsp3) is 0.320. The molecule has 2 fully saturated rings. The van der Waals surface area contributed by atoms with Crippen LogP contribution in [0.3, 0.4) is 0 Å². The molecule has 7 nitrogen and oxygen atoms in total. The third-order valence-electron chi connectivity index (χ3n) is 6.21. The molecule has 1 aromatic carbocycles. The predicted molar refractivity (Wildman–Crippen MR) is 124 cm³/mol. The van der Waals surface area contributed by atoms with Gasteiger partial charge in [-0.3, -0.25) is 4.98 Å². The van der Waals surface area contributed by atoms with Crippen molar-refractivity contribution in [1.82, 2.24) is 24.9 Å². The van der Waals surface area contributed by atoms with E-state index >= 15 is 0 Å². The lowest BCUT2D eigenvalue weighted by molar-refractivity contribution is 0.193. The first-order chi connectivity index (χ1) is 15.8. The molecule has 32 heavy (non-hydrogen) atoms. The van der Waals surface area contributed by atoms with E-state index in [1.165, 1.54) is 24.0 Å². The van der Waals surface area contributed by atoms with Crippen molar-refractivity contribution in [2.45, 2.75) is 25.3 Å². The third-order valence-corrected chi connectivity index (χ3v) is 6.21. The van der Waals surface area contributed by atoms with Gasteiger partial charge < -0.3 is 15.4 Å². The summed E-state index contributed by atoms with van der Waals surface area (Å²) < 4.78 is 7.97. The molecular weight excluding hydrogens is 400 g/mol. The summed E-state index contributed by atoms with van der Waals surface area (Å²) in [5.41, 5.74) is 5.42. The van der Waals surface area contributed by atoms with E-state index in [1.54, 1.807) is 0 Å². The summed E-state index contributed by atoms with van der Waals surface area (Å²) in [6, 6.07) is 16.4. The third kappa shape index (κ3) is 3.91. The Morgan fingerprint density at radius 1 is 1.09 bits per heavy atom. The number of nitrogens with zero attached hydrogens (tertiary/aromatic N) is 4. The fourth-order valence-corrected chi connectivity index (χ4v) is 4.03. The van der Waals surface area contributed by atoms with Crippen LogP contribution in [0.25, 0.3) is 16.9 Å². The number of anilines is 1. The standard InChI is InChI=1S/C25H26N6O/c1-2-10-27-22(3-1)20-6-4-17(5-7-20)14-28-23-11-24(32-16-18-12-26-13-18)30-25-21(19-8-9-19)15-29-31(23)25/h1-7,10-11,15,18-19,26,28H,8-9,12-14,16H2. The highest BCUT2D eigenvalue weighted by atomic mass is 16.5. The molecule has 0 bridgehead atoms. The van der Waals surface area contributed by atoms with E-state index in [0.717, 1.165) is 35.8 Å². The van der Waals surface area contributed by atoms with Gasteiger partial charge >= 0.3 is 0 Å². The van der Waals surface area contributed by atoms with Gasteiger partial charge in [-0.25, -0.2) is 0 Å². The number of aromatic nitrogens is 4. The fourth-order valence-electron chi connectivity index (χ4n) is 4.03. The van der Waals surface area contributed by atoms with Crippen LogP contribution in [0.15, 0.2) is 60.9 Å². The van der Waals surface area contributed by atoms with Crippen LogP contribution in [0.1, 0.15) is 29.9 Å². The molecule has 2 aliphatic rings. The molecule has 1 saturated heterocycles. The smallest absolute Gasteiger partial charge is 0.219 e. The zero-order valence-electron chi connectivity index (χ0n) is 17.9. The highest BCUT2D eigenvalue weighted by Gasteiger charge is 2.28. The molecule has 1 aliphatic heterocycles. The Morgan fingerprint density at radius 3 is 2.69 bits per heavy atom. The number of rotatable bonds is 8. The lowest BCUT2D eigenvalue weighted by Gasteiger charge is -2.26. The molecule has 4 heterocycles. The number of fused-ring (bicyclic) bond motifs is 1. The molecule has 3 aromatic heterocycles. The second kappa shape index (κ2) is 8.24. The summed E-state index contributed by atoms with van der Waals surface area (Å²) in [6.45, 7) is 3.41. The Bertz CT molecular complexity index is 1210. The van der Waals surface area contributed by atoms with Gasteiger partial charge in [-0.1, -0.05) is 30.3 Å². The summed E-state index contributed by atoms with van der Waals surface area (Å²) in [4.78, 5) is 9.22. The number of ether oxygens (including phenoxy) is 1. The predicted octanol–water partition coefficient (Wildman–Crippen LogP) is 3.88. The molecule has 0 amide bonds. The van der Waals surface area contributed by atoms with Crippen molar-refractivity contribution in [3.05, 3.63) is 72.1 Å². The molecule has 6 rings (SSSR count). The molecule has 0 radical (unpaired) electrons. The first-order valence-corrected chi connectivity index (χ1v) is 11.3. The van der Waals surface area contributed by atoms with Crippen LogP contribution in [0.5, 0.6) is 5.88 Å². The van der Waals surface area contributed by atoms with Gasteiger partial charge in [0.05, 0.1) is 18.5 Å². The average molecular weight is 427 g/mol. The van der Waals surface area contributed by atoms with Crippen molar-refractivity contribution >= 4 is 11.5 Å². The summed E-state index contributed by atoms with van der Waals surface area (Å²) in [6.07, 6.45) is 6.22. The van der Waals surface area contributed by atoms with Crippen LogP contribution in [-0.4, -0.2) is 39.3 Å². The van der Waals surface area contributed by atoms with Crippen molar-refractivity contribution < 1.29 is 4.74 Å². The summed E-state index contributed by atoms with van der Waals surface area (Å²) in [7, 11) is 0. The lowest BCUT2D eigenvalue weighted by Crippen LogP contribution is -2.45. The lowest BCUT2D eigenvalue weighted by atomic mass is 10.1. The van der Waals surface area contributed by atoms with Gasteiger partial charge in [-0.15, -0.1) is 0 Å². The van der Waals surface area contributed by atoms with Gasteiger partial charge in [0.25, 0.3) is 0 Å². The molecule has 0 unspecified atom stereocenters. The summed E-state index contributed by atoms with van der Waals surface area (Å²) in [5.74, 6) is 2.71. The van der Waals surface area contributed by atoms with Crippen molar-refractivity contribution in [2.75, 3.05) is 25.0 Å². The van der Waals surface area contributed by atoms with Gasteiger partial charge in [0.2, 0.25) is 5.88 Å². The first-order valence-electron chi connectivity index (χ1n) is 11.3. The van der Waals surface area contributed by atoms with Gasteiger partial charge in [-0.2, -0.15) is 14.6 Å². The van der Waals surface area contributed by atoms with Gasteiger partial charge in [-0.05, 0) is 36.5 Å². The molecule has 0 atom stereocenters. The molecule has 4 aromatic rings. The summed E-state index contributed by atoms with van der Waals surface area (Å²) >= 11 is 0. The van der Waals surface area contributed by atoms with Crippen molar-refractivity contribution in [3.8, 4) is 17.1 Å². The van der Waals surface area contributed by atoms with Crippen LogP contribution in [-0.2, 0) is 6.54 Å². The number of pyridine rings is 1. The van der Waals surface area contributed by atoms with Gasteiger partial charge in [0, 0.05) is 48.9 Å². The van der Waals surface area contributed by atoms with E-state index in [0.29, 0.717) is 30.9 Å². The Labute approximate surface area is 186 Å². The van der Waals surface area contributed by atoms with E-state index < -0.39 is 0 Å². The topological polar surface area (TPSA) is 76.4 Å². The number of hydrogen-bond donors (Lipinski definition) is 2. The van der Waals surface area contributed by atoms with Crippen molar-refractivity contribution in [1.29, 1.82) is 0 Å². The van der Waals surface area contributed by atoms with E-state index in [4.69, 9.17) is 9.72 Å². The van der Waals surface area contributed by atoms with Crippen LogP contribution >= 0.6 is 0 Å². The quantitative estimate of drug-likeness (QED) is 0.445. The molecular formula is C25H26N6O. The second-order valence-corrected chi connectivity index (χ2v) is 8.69. The van der Waals surface area contributed by atoms with Crippen LogP contribution < -0.4 is 15.4 Å². The minimum absolute atomic E-state index is 0.565. The molecule has 162 valence electrons. The molecule has 7 heteroatoms. The van der Waals surface area contributed by atoms with E-state index in [1.807, 2.05) is 41.2 Å². The van der Waals surface area contributed by atoms with E-state index in [2.05, 4.69) is 45.0 Å². The Kier molecular flexibility index (Phi) is 4.96. The van der Waals surface area contributed by atoms with Crippen LogP contribution in [0.2, 0.25) is 0 Å². The molecule has 2 N–H and O–H groups in total. The van der Waals surface area contributed by atoms with E-state index in [9.17, 15) is 0 Å². The van der Waals surface area contributed by atoms with Crippen LogP contribution in [0, 0.1) is 5.92 Å². The van der Waals surface area contributed by atoms with Gasteiger partial charge in [0.15, 0.2) is 5.65 Å². The average Bonchev–Trinajstić information content (AvgIpc) is 3.56. The molecule has 1 aliphatic carbocycles. The van der Waals surface area contributed by atoms with Crippen LogP contribution in [0.4, 0.5) is 5.82 Å². The monoisotopic (exact) mass is 426 g/mol. The SMILES string of the molecule is c1ccc(-c2ccc(CNc3cc(OCC4CNC4)nc4c(C5CC5)cnn34)cc2)nc1. The van der Waals surface area contributed by atoms with Crippen molar-refractivity contribution in [3.63, 3.8) is 0 Å². The Morgan fingerprint density at radius 2 is 1.97 bits per heavy atom. The maximum atomic E-state index is 6.06. The largest absolute Gasteiger partial charge is 0.477 e.